The van der Waals surface area contributed by atoms with Crippen LogP contribution in [0.25, 0.3) is 0 Å². The molecule has 0 unspecified atom stereocenters. The number of aromatic nitrogens is 2. The van der Waals surface area contributed by atoms with E-state index in [0.717, 1.165) is 11.8 Å². The molecule has 2 aromatic rings. The second-order valence-corrected chi connectivity index (χ2v) is 5.59. The maximum absolute atomic E-state index is 11.9. The topological polar surface area (TPSA) is 94.3 Å². The SMILES string of the molecule is COC(=O)[C@H](C)Sc1nnc(CNC(=O)c2ccccc2)o1. The first kappa shape index (κ1) is 16.0. The fraction of sp³-hybridized carbons (Fsp3) is 0.286. The monoisotopic (exact) mass is 321 g/mol. The third kappa shape index (κ3) is 4.32. The van der Waals surface area contributed by atoms with Crippen LogP contribution in [0, 0.1) is 0 Å². The van der Waals surface area contributed by atoms with Crippen LogP contribution < -0.4 is 5.32 Å². The third-order valence-corrected chi connectivity index (χ3v) is 3.61. The second kappa shape index (κ2) is 7.60. The van der Waals surface area contributed by atoms with Gasteiger partial charge in [0.15, 0.2) is 0 Å². The van der Waals surface area contributed by atoms with Gasteiger partial charge in [0, 0.05) is 5.56 Å². The summed E-state index contributed by atoms with van der Waals surface area (Å²) in [5.41, 5.74) is 0.552. The molecule has 1 atom stereocenters. The summed E-state index contributed by atoms with van der Waals surface area (Å²) in [5.74, 6) is -0.332. The molecule has 0 spiro atoms. The summed E-state index contributed by atoms with van der Waals surface area (Å²) in [6, 6.07) is 8.82. The fourth-order valence-electron chi connectivity index (χ4n) is 1.57. The second-order valence-electron chi connectivity index (χ2n) is 4.29. The standard InChI is InChI=1S/C14H15N3O4S/c1-9(13(19)20-2)22-14-17-16-11(21-14)8-15-12(18)10-6-4-3-5-7-10/h3-7,9H,8H2,1-2H3,(H,15,18)/t9-/m0/s1. The van der Waals surface area contributed by atoms with Crippen molar-refractivity contribution in [2.45, 2.75) is 23.9 Å². The van der Waals surface area contributed by atoms with Gasteiger partial charge in [0.1, 0.15) is 5.25 Å². The van der Waals surface area contributed by atoms with Gasteiger partial charge < -0.3 is 14.5 Å². The van der Waals surface area contributed by atoms with E-state index in [1.165, 1.54) is 7.11 Å². The minimum absolute atomic E-state index is 0.119. The maximum Gasteiger partial charge on any atom is 0.319 e. The van der Waals surface area contributed by atoms with Gasteiger partial charge in [-0.1, -0.05) is 30.0 Å². The maximum atomic E-state index is 11.9. The molecule has 1 aromatic carbocycles. The Hall–Kier alpha value is -2.35. The molecule has 116 valence electrons. The van der Waals surface area contributed by atoms with E-state index in [-0.39, 0.29) is 29.5 Å². The number of methoxy groups -OCH3 is 1. The van der Waals surface area contributed by atoms with Gasteiger partial charge in [0.05, 0.1) is 13.7 Å². The Bertz CT molecular complexity index is 645. The van der Waals surface area contributed by atoms with Crippen LogP contribution in [0.1, 0.15) is 23.2 Å². The molecule has 0 aliphatic carbocycles. The van der Waals surface area contributed by atoms with Crippen molar-refractivity contribution in [2.24, 2.45) is 0 Å². The lowest BCUT2D eigenvalue weighted by atomic mass is 10.2. The first-order valence-corrected chi connectivity index (χ1v) is 7.38. The average molecular weight is 321 g/mol. The number of thioether (sulfide) groups is 1. The number of benzene rings is 1. The molecule has 0 aliphatic rings. The zero-order valence-electron chi connectivity index (χ0n) is 12.1. The van der Waals surface area contributed by atoms with E-state index in [9.17, 15) is 9.59 Å². The number of hydrogen-bond donors (Lipinski definition) is 1. The molecule has 0 fully saturated rings. The van der Waals surface area contributed by atoms with E-state index in [1.807, 2.05) is 6.07 Å². The number of rotatable bonds is 6. The van der Waals surface area contributed by atoms with Crippen molar-refractivity contribution >= 4 is 23.6 Å². The van der Waals surface area contributed by atoms with Crippen LogP contribution in [0.3, 0.4) is 0 Å². The summed E-state index contributed by atoms with van der Waals surface area (Å²) < 4.78 is 9.97. The van der Waals surface area contributed by atoms with Gasteiger partial charge in [0.2, 0.25) is 5.89 Å². The Balaban J connectivity index is 1.87. The van der Waals surface area contributed by atoms with E-state index in [1.54, 1.807) is 31.2 Å². The highest BCUT2D eigenvalue weighted by Crippen LogP contribution is 2.22. The minimum Gasteiger partial charge on any atom is -0.468 e. The van der Waals surface area contributed by atoms with Crippen molar-refractivity contribution in [3.05, 3.63) is 41.8 Å². The summed E-state index contributed by atoms with van der Waals surface area (Å²) >= 11 is 1.10. The normalized spacial score (nSPS) is 11.7. The highest BCUT2D eigenvalue weighted by molar-refractivity contribution is 8.00. The Morgan fingerprint density at radius 2 is 2.05 bits per heavy atom. The van der Waals surface area contributed by atoms with Crippen LogP contribution in [0.15, 0.2) is 40.0 Å². The molecular formula is C14H15N3O4S. The molecule has 0 radical (unpaired) electrons. The number of carbonyl (C=O) groups is 2. The number of nitrogens with zero attached hydrogens (tertiary/aromatic N) is 2. The Morgan fingerprint density at radius 3 is 2.73 bits per heavy atom. The Morgan fingerprint density at radius 1 is 1.32 bits per heavy atom. The molecule has 7 nitrogen and oxygen atoms in total. The molecule has 1 amide bonds. The molecule has 0 saturated carbocycles. The first-order valence-electron chi connectivity index (χ1n) is 6.50. The van der Waals surface area contributed by atoms with Crippen LogP contribution in [0.2, 0.25) is 0 Å². The highest BCUT2D eigenvalue weighted by atomic mass is 32.2. The quantitative estimate of drug-likeness (QED) is 0.638. The van der Waals surface area contributed by atoms with Crippen LogP contribution in [-0.4, -0.2) is 34.4 Å². The van der Waals surface area contributed by atoms with Crippen LogP contribution in [-0.2, 0) is 16.1 Å². The van der Waals surface area contributed by atoms with Crippen molar-refractivity contribution in [2.75, 3.05) is 7.11 Å². The molecule has 0 saturated heterocycles. The molecule has 0 bridgehead atoms. The van der Waals surface area contributed by atoms with Crippen LogP contribution >= 0.6 is 11.8 Å². The predicted octanol–water partition coefficient (Wildman–Crippen LogP) is 1.65. The molecule has 1 heterocycles. The van der Waals surface area contributed by atoms with Crippen molar-refractivity contribution in [1.82, 2.24) is 15.5 Å². The smallest absolute Gasteiger partial charge is 0.319 e. The van der Waals surface area contributed by atoms with Crippen molar-refractivity contribution in [3.63, 3.8) is 0 Å². The average Bonchev–Trinajstić information content (AvgIpc) is 3.00. The zero-order chi connectivity index (χ0) is 15.9. The first-order chi connectivity index (χ1) is 10.6. The Labute approximate surface area is 131 Å². The Kier molecular flexibility index (Phi) is 5.54. The molecule has 8 heteroatoms. The summed E-state index contributed by atoms with van der Waals surface area (Å²) in [6.45, 7) is 1.80. The molecule has 1 N–H and O–H groups in total. The van der Waals surface area contributed by atoms with Crippen molar-refractivity contribution in [1.29, 1.82) is 0 Å². The summed E-state index contributed by atoms with van der Waals surface area (Å²) in [6.07, 6.45) is 0. The van der Waals surface area contributed by atoms with Gasteiger partial charge in [-0.25, -0.2) is 0 Å². The summed E-state index contributed by atoms with van der Waals surface area (Å²) in [5, 5.41) is 10.1. The van der Waals surface area contributed by atoms with E-state index < -0.39 is 5.25 Å². The number of amides is 1. The third-order valence-electron chi connectivity index (χ3n) is 2.70. The molecule has 22 heavy (non-hydrogen) atoms. The highest BCUT2D eigenvalue weighted by Gasteiger charge is 2.18. The number of ether oxygens (including phenoxy) is 1. The molecule has 1 aromatic heterocycles. The van der Waals surface area contributed by atoms with E-state index in [0.29, 0.717) is 5.56 Å². The lowest BCUT2D eigenvalue weighted by molar-refractivity contribution is -0.139. The largest absolute Gasteiger partial charge is 0.468 e. The molecular weight excluding hydrogens is 306 g/mol. The summed E-state index contributed by atoms with van der Waals surface area (Å²) in [4.78, 5) is 23.2. The van der Waals surface area contributed by atoms with Crippen molar-refractivity contribution < 1.29 is 18.7 Å². The number of nitrogens with one attached hydrogen (secondary N) is 1. The molecule has 0 aliphatic heterocycles. The van der Waals surface area contributed by atoms with Crippen LogP contribution in [0.4, 0.5) is 0 Å². The minimum atomic E-state index is -0.447. The van der Waals surface area contributed by atoms with Gasteiger partial charge in [0.25, 0.3) is 11.1 Å². The van der Waals surface area contributed by atoms with Gasteiger partial charge in [-0.2, -0.15) is 0 Å². The van der Waals surface area contributed by atoms with E-state index >= 15 is 0 Å². The summed E-state index contributed by atoms with van der Waals surface area (Å²) in [7, 11) is 1.32. The van der Waals surface area contributed by atoms with E-state index in [2.05, 4.69) is 20.3 Å². The lowest BCUT2D eigenvalue weighted by Crippen LogP contribution is -2.22. The van der Waals surface area contributed by atoms with Gasteiger partial charge in [-0.15, -0.1) is 10.2 Å². The van der Waals surface area contributed by atoms with Gasteiger partial charge in [-0.05, 0) is 19.1 Å². The van der Waals surface area contributed by atoms with Gasteiger partial charge in [-0.3, -0.25) is 9.59 Å². The van der Waals surface area contributed by atoms with Gasteiger partial charge >= 0.3 is 5.97 Å². The number of carbonyl (C=O) groups excluding carboxylic acids is 2. The fourth-order valence-corrected chi connectivity index (χ4v) is 2.30. The molecule has 2 rings (SSSR count). The van der Waals surface area contributed by atoms with E-state index in [4.69, 9.17) is 4.42 Å². The van der Waals surface area contributed by atoms with Crippen LogP contribution in [0.5, 0.6) is 0 Å². The van der Waals surface area contributed by atoms with Crippen molar-refractivity contribution in [3.8, 4) is 0 Å². The zero-order valence-corrected chi connectivity index (χ0v) is 12.9. The number of hydrogen-bond acceptors (Lipinski definition) is 7. The number of esters is 1. The lowest BCUT2D eigenvalue weighted by Gasteiger charge is -2.04. The predicted molar refractivity (Wildman–Crippen MR) is 79.2 cm³/mol.